The Kier molecular flexibility index (Phi) is 7.42. The molecule has 0 aromatic rings. The van der Waals surface area contributed by atoms with E-state index in [0.717, 1.165) is 12.8 Å². The van der Waals surface area contributed by atoms with E-state index in [1.54, 1.807) is 13.8 Å². The van der Waals surface area contributed by atoms with Gasteiger partial charge in [0.15, 0.2) is 6.10 Å². The molecule has 0 aliphatic carbocycles. The number of unbranched alkanes of at least 4 members (excludes halogenated alkanes) is 1. The van der Waals surface area contributed by atoms with Crippen LogP contribution in [0.25, 0.3) is 0 Å². The highest BCUT2D eigenvalue weighted by molar-refractivity contribution is 5.74. The maximum atomic E-state index is 11.2. The lowest BCUT2D eigenvalue weighted by atomic mass is 10.3. The first-order valence-electron chi connectivity index (χ1n) is 5.02. The van der Waals surface area contributed by atoms with Crippen molar-refractivity contribution in [2.24, 2.45) is 0 Å². The van der Waals surface area contributed by atoms with E-state index >= 15 is 0 Å². The molecule has 0 rings (SSSR count). The van der Waals surface area contributed by atoms with Crippen LogP contribution in [0, 0.1) is 0 Å². The Hall–Kier alpha value is -0.610. The van der Waals surface area contributed by atoms with Crippen molar-refractivity contribution in [2.45, 2.75) is 45.8 Å². The maximum Gasteiger partial charge on any atom is 0.335 e. The SMILES string of the molecule is CCCCOC(C)C(=O)OC(C)C[O]. The zero-order valence-corrected chi connectivity index (χ0v) is 9.12. The van der Waals surface area contributed by atoms with Crippen LogP contribution >= 0.6 is 0 Å². The lowest BCUT2D eigenvalue weighted by molar-refractivity contribution is -0.163. The molecule has 0 N–H and O–H groups in total. The van der Waals surface area contributed by atoms with Crippen LogP contribution in [-0.2, 0) is 19.4 Å². The second kappa shape index (κ2) is 7.76. The third-order valence-electron chi connectivity index (χ3n) is 1.75. The number of carbonyl (C=O) groups excluding carboxylic acids is 1. The molecule has 0 aromatic carbocycles. The lowest BCUT2D eigenvalue weighted by Gasteiger charge is -2.14. The lowest BCUT2D eigenvalue weighted by Crippen LogP contribution is -2.28. The molecule has 14 heavy (non-hydrogen) atoms. The Morgan fingerprint density at radius 1 is 1.36 bits per heavy atom. The van der Waals surface area contributed by atoms with Crippen LogP contribution in [0.15, 0.2) is 0 Å². The van der Waals surface area contributed by atoms with Crippen molar-refractivity contribution in [1.82, 2.24) is 0 Å². The minimum Gasteiger partial charge on any atom is -0.458 e. The number of carbonyl (C=O) groups is 1. The largest absolute Gasteiger partial charge is 0.458 e. The summed E-state index contributed by atoms with van der Waals surface area (Å²) < 4.78 is 10.0. The first-order chi connectivity index (χ1) is 6.61. The van der Waals surface area contributed by atoms with Gasteiger partial charge < -0.3 is 9.47 Å². The van der Waals surface area contributed by atoms with E-state index in [2.05, 4.69) is 0 Å². The number of esters is 1. The highest BCUT2D eigenvalue weighted by Gasteiger charge is 2.17. The van der Waals surface area contributed by atoms with E-state index in [1.807, 2.05) is 6.92 Å². The molecule has 4 nitrogen and oxygen atoms in total. The molecule has 0 heterocycles. The van der Waals surface area contributed by atoms with Crippen molar-refractivity contribution < 1.29 is 19.4 Å². The van der Waals surface area contributed by atoms with Gasteiger partial charge in [-0.15, -0.1) is 0 Å². The Morgan fingerprint density at radius 3 is 2.50 bits per heavy atom. The monoisotopic (exact) mass is 203 g/mol. The zero-order chi connectivity index (χ0) is 11.0. The standard InChI is InChI=1S/C10H19O4/c1-4-5-6-13-9(3)10(12)14-8(2)7-11/h8-9H,4-7H2,1-3H3. The summed E-state index contributed by atoms with van der Waals surface area (Å²) in [6, 6.07) is 0. The minimum atomic E-state index is -0.574. The van der Waals surface area contributed by atoms with Gasteiger partial charge in [-0.25, -0.2) is 9.90 Å². The third-order valence-corrected chi connectivity index (χ3v) is 1.75. The van der Waals surface area contributed by atoms with E-state index in [1.165, 1.54) is 0 Å². The predicted octanol–water partition coefficient (Wildman–Crippen LogP) is 1.55. The average molecular weight is 203 g/mol. The van der Waals surface area contributed by atoms with Gasteiger partial charge in [0.25, 0.3) is 0 Å². The fraction of sp³-hybridized carbons (Fsp3) is 0.900. The van der Waals surface area contributed by atoms with Gasteiger partial charge in [0.2, 0.25) is 0 Å². The second-order valence-electron chi connectivity index (χ2n) is 3.28. The van der Waals surface area contributed by atoms with Crippen molar-refractivity contribution in [3.8, 4) is 0 Å². The number of hydrogen-bond donors (Lipinski definition) is 0. The molecule has 83 valence electrons. The van der Waals surface area contributed by atoms with Crippen molar-refractivity contribution in [2.75, 3.05) is 13.2 Å². The molecule has 0 fully saturated rings. The number of rotatable bonds is 7. The molecular weight excluding hydrogens is 184 g/mol. The summed E-state index contributed by atoms with van der Waals surface area (Å²) in [5, 5.41) is 10.3. The van der Waals surface area contributed by atoms with Crippen molar-refractivity contribution >= 4 is 5.97 Å². The molecular formula is C10H19O4. The van der Waals surface area contributed by atoms with E-state index in [9.17, 15) is 9.90 Å². The Morgan fingerprint density at radius 2 is 2.00 bits per heavy atom. The fourth-order valence-corrected chi connectivity index (χ4v) is 0.801. The molecule has 2 atom stereocenters. The summed E-state index contributed by atoms with van der Waals surface area (Å²) in [5.74, 6) is -0.454. The fourth-order valence-electron chi connectivity index (χ4n) is 0.801. The maximum absolute atomic E-state index is 11.2. The predicted molar refractivity (Wildman–Crippen MR) is 51.4 cm³/mol. The Bertz CT molecular complexity index is 158. The van der Waals surface area contributed by atoms with Crippen LogP contribution in [0.5, 0.6) is 0 Å². The summed E-state index contributed by atoms with van der Waals surface area (Å²) in [6.07, 6.45) is 0.809. The van der Waals surface area contributed by atoms with Gasteiger partial charge in [-0.3, -0.25) is 0 Å². The van der Waals surface area contributed by atoms with E-state index in [0.29, 0.717) is 6.61 Å². The van der Waals surface area contributed by atoms with Crippen LogP contribution in [-0.4, -0.2) is 31.4 Å². The van der Waals surface area contributed by atoms with Crippen molar-refractivity contribution in [1.29, 1.82) is 0 Å². The van der Waals surface area contributed by atoms with Gasteiger partial charge >= 0.3 is 5.97 Å². The van der Waals surface area contributed by atoms with E-state index < -0.39 is 24.8 Å². The average Bonchev–Trinajstić information content (AvgIpc) is 2.17. The van der Waals surface area contributed by atoms with Gasteiger partial charge in [-0.1, -0.05) is 13.3 Å². The van der Waals surface area contributed by atoms with E-state index in [4.69, 9.17) is 9.47 Å². The van der Waals surface area contributed by atoms with Gasteiger partial charge in [-0.05, 0) is 20.3 Å². The van der Waals surface area contributed by atoms with Crippen molar-refractivity contribution in [3.05, 3.63) is 0 Å². The van der Waals surface area contributed by atoms with Crippen LogP contribution < -0.4 is 0 Å². The smallest absolute Gasteiger partial charge is 0.335 e. The summed E-state index contributed by atoms with van der Waals surface area (Å²) in [6.45, 7) is 5.40. The molecule has 0 aliphatic rings. The molecule has 0 spiro atoms. The molecule has 1 radical (unpaired) electrons. The quantitative estimate of drug-likeness (QED) is 0.466. The molecule has 2 unspecified atom stereocenters. The Labute approximate surface area is 85.2 Å². The molecule has 0 bridgehead atoms. The summed E-state index contributed by atoms with van der Waals surface area (Å²) in [7, 11) is 0. The number of hydrogen-bond acceptors (Lipinski definition) is 3. The first kappa shape index (κ1) is 13.4. The molecule has 0 saturated heterocycles. The van der Waals surface area contributed by atoms with Gasteiger partial charge in [0.1, 0.15) is 12.7 Å². The molecule has 0 amide bonds. The first-order valence-corrected chi connectivity index (χ1v) is 5.02. The highest BCUT2D eigenvalue weighted by Crippen LogP contribution is 2.00. The molecule has 4 heteroatoms. The molecule has 0 aliphatic heterocycles. The summed E-state index contributed by atoms with van der Waals surface area (Å²) in [5.41, 5.74) is 0. The molecule has 0 aromatic heterocycles. The zero-order valence-electron chi connectivity index (χ0n) is 9.12. The Balaban J connectivity index is 3.64. The van der Waals surface area contributed by atoms with Crippen molar-refractivity contribution in [3.63, 3.8) is 0 Å². The summed E-state index contributed by atoms with van der Waals surface area (Å²) in [4.78, 5) is 11.2. The normalized spacial score (nSPS) is 14.9. The second-order valence-corrected chi connectivity index (χ2v) is 3.28. The van der Waals surface area contributed by atoms with Crippen LogP contribution in [0.3, 0.4) is 0 Å². The number of ether oxygens (including phenoxy) is 2. The van der Waals surface area contributed by atoms with E-state index in [-0.39, 0.29) is 0 Å². The van der Waals surface area contributed by atoms with Gasteiger partial charge in [0.05, 0.1) is 0 Å². The molecule has 0 saturated carbocycles. The minimum absolute atomic E-state index is 0.409. The van der Waals surface area contributed by atoms with Crippen LogP contribution in [0.2, 0.25) is 0 Å². The third kappa shape index (κ3) is 5.94. The summed E-state index contributed by atoms with van der Waals surface area (Å²) >= 11 is 0. The van der Waals surface area contributed by atoms with Crippen LogP contribution in [0.4, 0.5) is 0 Å². The topological polar surface area (TPSA) is 55.4 Å². The van der Waals surface area contributed by atoms with Crippen LogP contribution in [0.1, 0.15) is 33.6 Å². The van der Waals surface area contributed by atoms with Gasteiger partial charge in [0, 0.05) is 6.61 Å². The highest BCUT2D eigenvalue weighted by atomic mass is 16.6. The van der Waals surface area contributed by atoms with Gasteiger partial charge in [-0.2, -0.15) is 0 Å².